The van der Waals surface area contributed by atoms with Crippen LogP contribution < -0.4 is 10.3 Å². The molecule has 1 N–H and O–H groups in total. The number of aromatic nitrogens is 3. The van der Waals surface area contributed by atoms with Crippen molar-refractivity contribution in [2.24, 2.45) is 5.92 Å². The van der Waals surface area contributed by atoms with Crippen LogP contribution in [0.5, 0.6) is 5.75 Å². The van der Waals surface area contributed by atoms with E-state index in [0.29, 0.717) is 17.4 Å². The van der Waals surface area contributed by atoms with E-state index in [0.717, 1.165) is 40.4 Å². The first-order chi connectivity index (χ1) is 14.1. The molecule has 0 bridgehead atoms. The summed E-state index contributed by atoms with van der Waals surface area (Å²) in [5.41, 5.74) is 3.53. The molecule has 2 aromatic carbocycles. The fourth-order valence-corrected chi connectivity index (χ4v) is 3.53. The zero-order valence-corrected chi connectivity index (χ0v) is 16.5. The van der Waals surface area contributed by atoms with Crippen LogP contribution in [0.2, 0.25) is 5.02 Å². The molecule has 6 heteroatoms. The summed E-state index contributed by atoms with van der Waals surface area (Å²) in [5, 5.41) is 0.685. The van der Waals surface area contributed by atoms with Crippen LogP contribution in [0, 0.1) is 5.92 Å². The molecule has 0 unspecified atom stereocenters. The quantitative estimate of drug-likeness (QED) is 0.496. The average Bonchev–Trinajstić information content (AvgIpc) is 3.44. The lowest BCUT2D eigenvalue weighted by Crippen LogP contribution is -2.16. The van der Waals surface area contributed by atoms with E-state index in [9.17, 15) is 4.79 Å². The monoisotopic (exact) mass is 405 g/mol. The van der Waals surface area contributed by atoms with Gasteiger partial charge < -0.3 is 9.72 Å². The molecule has 2 aromatic heterocycles. The van der Waals surface area contributed by atoms with Crippen molar-refractivity contribution in [3.05, 3.63) is 87.6 Å². The molecular formula is C23H20ClN3O2. The Morgan fingerprint density at radius 2 is 1.93 bits per heavy atom. The number of rotatable bonds is 6. The molecule has 1 aliphatic rings. The van der Waals surface area contributed by atoms with Crippen LogP contribution in [-0.2, 0) is 13.0 Å². The number of imidazole rings is 1. The summed E-state index contributed by atoms with van der Waals surface area (Å²) in [4.78, 5) is 20.7. The average molecular weight is 406 g/mol. The maximum Gasteiger partial charge on any atom is 0.258 e. The van der Waals surface area contributed by atoms with Crippen LogP contribution in [0.3, 0.4) is 0 Å². The van der Waals surface area contributed by atoms with Gasteiger partial charge in [-0.1, -0.05) is 23.7 Å². The molecular weight excluding hydrogens is 386 g/mol. The van der Waals surface area contributed by atoms with E-state index < -0.39 is 0 Å². The molecule has 1 aliphatic carbocycles. The largest absolute Gasteiger partial charge is 0.489 e. The minimum absolute atomic E-state index is 0.143. The van der Waals surface area contributed by atoms with Crippen molar-refractivity contribution >= 4 is 22.6 Å². The number of benzene rings is 2. The Hall–Kier alpha value is -3.05. The van der Waals surface area contributed by atoms with Gasteiger partial charge in [0.1, 0.15) is 18.2 Å². The standard InChI is InChI=1S/C23H20ClN3O2/c24-17-5-3-16(4-6-17)14-29-19-9-10-27(23(28)13-19)18-7-8-20-21(12-18)26-22(25-20)11-15-1-2-15/h3-10,12-13,15H,1-2,11,14H2,(H,25,26). The van der Waals surface area contributed by atoms with E-state index >= 15 is 0 Å². The van der Waals surface area contributed by atoms with Gasteiger partial charge in [0.25, 0.3) is 5.56 Å². The first-order valence-corrected chi connectivity index (χ1v) is 10.1. The highest BCUT2D eigenvalue weighted by molar-refractivity contribution is 6.30. The first-order valence-electron chi connectivity index (χ1n) is 9.73. The minimum Gasteiger partial charge on any atom is -0.489 e. The second kappa shape index (κ2) is 7.41. The molecule has 0 radical (unpaired) electrons. The molecule has 0 saturated heterocycles. The Balaban J connectivity index is 1.35. The van der Waals surface area contributed by atoms with E-state index in [-0.39, 0.29) is 5.56 Å². The van der Waals surface area contributed by atoms with Gasteiger partial charge in [0, 0.05) is 23.7 Å². The van der Waals surface area contributed by atoms with Crippen LogP contribution >= 0.6 is 11.6 Å². The highest BCUT2D eigenvalue weighted by Gasteiger charge is 2.23. The number of H-pyrrole nitrogens is 1. The molecule has 1 fully saturated rings. The SMILES string of the molecule is O=c1cc(OCc2ccc(Cl)cc2)ccn1-c1ccc2nc(CC3CC3)[nH]c2c1. The molecule has 146 valence electrons. The Bertz CT molecular complexity index is 1220. The van der Waals surface area contributed by atoms with E-state index in [1.807, 2.05) is 42.5 Å². The van der Waals surface area contributed by atoms with Gasteiger partial charge in [0.15, 0.2) is 0 Å². The van der Waals surface area contributed by atoms with E-state index in [4.69, 9.17) is 16.3 Å². The Kier molecular flexibility index (Phi) is 4.60. The molecule has 0 aliphatic heterocycles. The van der Waals surface area contributed by atoms with Crippen LogP contribution in [0.15, 0.2) is 65.6 Å². The normalized spacial score (nSPS) is 13.7. The van der Waals surface area contributed by atoms with Crippen molar-refractivity contribution in [3.8, 4) is 11.4 Å². The lowest BCUT2D eigenvalue weighted by Gasteiger charge is -2.09. The van der Waals surface area contributed by atoms with Crippen molar-refractivity contribution in [2.45, 2.75) is 25.9 Å². The number of aromatic amines is 1. The summed E-state index contributed by atoms with van der Waals surface area (Å²) < 4.78 is 7.35. The molecule has 0 amide bonds. The fourth-order valence-electron chi connectivity index (χ4n) is 3.40. The Labute approximate surface area is 172 Å². The maximum absolute atomic E-state index is 12.6. The lowest BCUT2D eigenvalue weighted by atomic mass is 10.2. The Morgan fingerprint density at radius 1 is 1.10 bits per heavy atom. The van der Waals surface area contributed by atoms with Crippen LogP contribution in [0.25, 0.3) is 16.7 Å². The van der Waals surface area contributed by atoms with E-state index in [1.165, 1.54) is 18.9 Å². The third-order valence-electron chi connectivity index (χ3n) is 5.18. The first kappa shape index (κ1) is 18.0. The van der Waals surface area contributed by atoms with Crippen molar-refractivity contribution in [1.82, 2.24) is 14.5 Å². The number of pyridine rings is 1. The van der Waals surface area contributed by atoms with Gasteiger partial charge in [-0.3, -0.25) is 9.36 Å². The summed E-state index contributed by atoms with van der Waals surface area (Å²) in [6.07, 6.45) is 5.33. The third kappa shape index (κ3) is 4.05. The van der Waals surface area contributed by atoms with Gasteiger partial charge in [-0.15, -0.1) is 0 Å². The molecule has 2 heterocycles. The van der Waals surface area contributed by atoms with Gasteiger partial charge in [-0.25, -0.2) is 4.98 Å². The molecule has 5 rings (SSSR count). The number of ether oxygens (including phenoxy) is 1. The zero-order valence-electron chi connectivity index (χ0n) is 15.8. The summed E-state index contributed by atoms with van der Waals surface area (Å²) in [7, 11) is 0. The zero-order chi connectivity index (χ0) is 19.8. The second-order valence-electron chi connectivity index (χ2n) is 7.52. The van der Waals surface area contributed by atoms with Crippen molar-refractivity contribution in [3.63, 3.8) is 0 Å². The summed E-state index contributed by atoms with van der Waals surface area (Å²) in [5.74, 6) is 2.34. The van der Waals surface area contributed by atoms with Crippen LogP contribution in [0.1, 0.15) is 24.2 Å². The number of hydrogen-bond donors (Lipinski definition) is 1. The minimum atomic E-state index is -0.143. The van der Waals surface area contributed by atoms with Gasteiger partial charge in [-0.2, -0.15) is 0 Å². The highest BCUT2D eigenvalue weighted by atomic mass is 35.5. The molecule has 0 atom stereocenters. The molecule has 4 aromatic rings. The molecule has 0 spiro atoms. The van der Waals surface area contributed by atoms with Crippen molar-refractivity contribution in [2.75, 3.05) is 0 Å². The van der Waals surface area contributed by atoms with Crippen LogP contribution in [0.4, 0.5) is 0 Å². The van der Waals surface area contributed by atoms with E-state index in [1.54, 1.807) is 16.8 Å². The predicted molar refractivity (Wildman–Crippen MR) is 114 cm³/mol. The number of fused-ring (bicyclic) bond motifs is 1. The topological polar surface area (TPSA) is 59.9 Å². The van der Waals surface area contributed by atoms with E-state index in [2.05, 4.69) is 9.97 Å². The molecule has 29 heavy (non-hydrogen) atoms. The molecule has 1 saturated carbocycles. The third-order valence-corrected chi connectivity index (χ3v) is 5.43. The van der Waals surface area contributed by atoms with Crippen molar-refractivity contribution < 1.29 is 4.74 Å². The summed E-state index contributed by atoms with van der Waals surface area (Å²) in [6, 6.07) is 16.6. The Morgan fingerprint density at radius 3 is 2.69 bits per heavy atom. The van der Waals surface area contributed by atoms with Crippen molar-refractivity contribution in [1.29, 1.82) is 0 Å². The van der Waals surface area contributed by atoms with Gasteiger partial charge in [0.2, 0.25) is 0 Å². The summed E-state index contributed by atoms with van der Waals surface area (Å²) in [6.45, 7) is 0.379. The van der Waals surface area contributed by atoms with Crippen LogP contribution in [-0.4, -0.2) is 14.5 Å². The smallest absolute Gasteiger partial charge is 0.258 e. The number of hydrogen-bond acceptors (Lipinski definition) is 3. The van der Waals surface area contributed by atoms with Gasteiger partial charge in [0.05, 0.1) is 16.7 Å². The predicted octanol–water partition coefficient (Wildman–Crippen LogP) is 4.90. The number of nitrogens with one attached hydrogen (secondary N) is 1. The van der Waals surface area contributed by atoms with Gasteiger partial charge >= 0.3 is 0 Å². The fraction of sp³-hybridized carbons (Fsp3) is 0.217. The number of nitrogens with zero attached hydrogens (tertiary/aromatic N) is 2. The second-order valence-corrected chi connectivity index (χ2v) is 7.95. The highest BCUT2D eigenvalue weighted by Crippen LogP contribution is 2.32. The lowest BCUT2D eigenvalue weighted by molar-refractivity contribution is 0.305. The maximum atomic E-state index is 12.6. The van der Waals surface area contributed by atoms with Gasteiger partial charge in [-0.05, 0) is 60.7 Å². The molecule has 5 nitrogen and oxygen atoms in total. The number of halogens is 1. The summed E-state index contributed by atoms with van der Waals surface area (Å²) >= 11 is 5.90.